The van der Waals surface area contributed by atoms with Crippen molar-refractivity contribution in [1.82, 2.24) is 15.5 Å². The number of aliphatic hydroxyl groups excluding tert-OH is 2. The molecule has 0 bridgehead atoms. The zero-order valence-electron chi connectivity index (χ0n) is 19.6. The van der Waals surface area contributed by atoms with Gasteiger partial charge < -0.3 is 36.2 Å². The first-order valence-corrected chi connectivity index (χ1v) is 10.4. The van der Waals surface area contributed by atoms with Crippen LogP contribution in [0.4, 0.5) is 0 Å². The molecule has 10 heteroatoms. The van der Waals surface area contributed by atoms with Gasteiger partial charge >= 0.3 is 0 Å². The summed E-state index contributed by atoms with van der Waals surface area (Å²) in [6.45, 7) is 7.35. The molecule has 10 nitrogen and oxygen atoms in total. The van der Waals surface area contributed by atoms with E-state index < -0.39 is 24.1 Å². The molecular weight excluding hydrogens is 416 g/mol. The van der Waals surface area contributed by atoms with E-state index in [-0.39, 0.29) is 12.8 Å². The first-order valence-electron chi connectivity index (χ1n) is 10.4. The van der Waals surface area contributed by atoms with Crippen molar-refractivity contribution in [2.45, 2.75) is 52.4 Å². The van der Waals surface area contributed by atoms with Crippen LogP contribution in [0.3, 0.4) is 0 Å². The summed E-state index contributed by atoms with van der Waals surface area (Å²) in [6.07, 6.45) is 0.556. The number of aliphatic hydroxyl groups is 2. The maximum absolute atomic E-state index is 12.7. The summed E-state index contributed by atoms with van der Waals surface area (Å²) in [5, 5.41) is 23.4. The molecule has 1 aliphatic rings. The number of aldehydes is 2. The number of nitrogens with two attached hydrogens (primary N) is 1. The van der Waals surface area contributed by atoms with Gasteiger partial charge in [-0.3, -0.25) is 14.5 Å². The van der Waals surface area contributed by atoms with Crippen molar-refractivity contribution in [3.05, 3.63) is 34.9 Å². The fourth-order valence-electron chi connectivity index (χ4n) is 3.01. The summed E-state index contributed by atoms with van der Waals surface area (Å²) in [4.78, 5) is 45.6. The molecular formula is C22H38N4O6. The van der Waals surface area contributed by atoms with Crippen molar-refractivity contribution < 1.29 is 29.4 Å². The summed E-state index contributed by atoms with van der Waals surface area (Å²) >= 11 is 0. The van der Waals surface area contributed by atoms with Gasteiger partial charge in [0.1, 0.15) is 18.6 Å². The Bertz CT molecular complexity index is 699. The molecule has 0 saturated heterocycles. The fraction of sp³-hybridized carbons (Fsp3) is 0.545. The Hall–Kier alpha value is -2.66. The van der Waals surface area contributed by atoms with Crippen molar-refractivity contribution in [2.24, 2.45) is 5.73 Å². The van der Waals surface area contributed by atoms with Crippen LogP contribution in [0, 0.1) is 0 Å². The number of likely N-dealkylation sites (N-methyl/N-ethyl adjacent to an activating group) is 1. The maximum Gasteiger partial charge on any atom is 0.257 e. The van der Waals surface area contributed by atoms with Gasteiger partial charge in [0.25, 0.3) is 5.91 Å². The standard InChI is InChI=1S/C17H23N3O4.C2H7N.C2H4O.CH4O/c1-3-19-10-11-6-4-7-12-14(11)17(24)20(16(12)23)13(8-5-9-21)15(22)18-2;2*1-2-3;1-2/h4,6-7,9,13,17,19,24H,3,5,8,10H2,1-2H3,(H,18,22);2-3H2,1H3;2H,1H3;2H,1H3. The summed E-state index contributed by atoms with van der Waals surface area (Å²) < 4.78 is 0. The number of fused-ring (bicyclic) bond motifs is 1. The van der Waals surface area contributed by atoms with Gasteiger partial charge in [0.2, 0.25) is 5.91 Å². The highest BCUT2D eigenvalue weighted by molar-refractivity contribution is 6.02. The number of carbonyl (C=O) groups is 4. The molecule has 0 saturated carbocycles. The molecule has 0 spiro atoms. The number of nitrogens with zero attached hydrogens (tertiary/aromatic N) is 1. The highest BCUT2D eigenvalue weighted by Crippen LogP contribution is 2.36. The molecule has 0 fully saturated rings. The van der Waals surface area contributed by atoms with E-state index >= 15 is 0 Å². The number of rotatable bonds is 8. The van der Waals surface area contributed by atoms with Crippen LogP contribution in [-0.4, -0.2) is 72.8 Å². The lowest BCUT2D eigenvalue weighted by Gasteiger charge is -2.29. The van der Waals surface area contributed by atoms with E-state index in [1.807, 2.05) is 19.9 Å². The molecule has 0 aromatic heterocycles. The van der Waals surface area contributed by atoms with Crippen LogP contribution in [-0.2, 0) is 20.9 Å². The molecule has 0 radical (unpaired) electrons. The Balaban J connectivity index is 0. The van der Waals surface area contributed by atoms with Gasteiger partial charge in [0, 0.05) is 38.2 Å². The summed E-state index contributed by atoms with van der Waals surface area (Å²) in [5.74, 6) is -0.791. The van der Waals surface area contributed by atoms with E-state index in [9.17, 15) is 19.5 Å². The average Bonchev–Trinajstić information content (AvgIpc) is 3.05. The van der Waals surface area contributed by atoms with Crippen molar-refractivity contribution in [3.63, 3.8) is 0 Å². The Morgan fingerprint density at radius 2 is 1.84 bits per heavy atom. The van der Waals surface area contributed by atoms with Crippen LogP contribution >= 0.6 is 0 Å². The number of benzene rings is 1. The fourth-order valence-corrected chi connectivity index (χ4v) is 3.01. The monoisotopic (exact) mass is 454 g/mol. The molecule has 2 unspecified atom stereocenters. The third-order valence-electron chi connectivity index (χ3n) is 4.19. The van der Waals surface area contributed by atoms with E-state index in [1.54, 1.807) is 12.1 Å². The van der Waals surface area contributed by atoms with Crippen molar-refractivity contribution in [2.75, 3.05) is 27.2 Å². The predicted octanol–water partition coefficient (Wildman–Crippen LogP) is 0.115. The zero-order chi connectivity index (χ0) is 25.1. The molecule has 182 valence electrons. The van der Waals surface area contributed by atoms with Crippen molar-refractivity contribution in [3.8, 4) is 0 Å². The minimum absolute atomic E-state index is 0.134. The van der Waals surface area contributed by atoms with E-state index in [2.05, 4.69) is 10.6 Å². The Morgan fingerprint density at radius 1 is 1.28 bits per heavy atom. The van der Waals surface area contributed by atoms with Gasteiger partial charge in [-0.2, -0.15) is 0 Å². The lowest BCUT2D eigenvalue weighted by Crippen LogP contribution is -2.47. The van der Waals surface area contributed by atoms with Crippen molar-refractivity contribution >= 4 is 24.4 Å². The van der Waals surface area contributed by atoms with Gasteiger partial charge in [-0.1, -0.05) is 26.0 Å². The highest BCUT2D eigenvalue weighted by Gasteiger charge is 2.43. The number of hydrogen-bond acceptors (Lipinski definition) is 8. The van der Waals surface area contributed by atoms with Crippen LogP contribution < -0.4 is 16.4 Å². The van der Waals surface area contributed by atoms with Gasteiger partial charge in [0.15, 0.2) is 6.23 Å². The number of hydrogen-bond donors (Lipinski definition) is 5. The second-order valence-corrected chi connectivity index (χ2v) is 6.26. The smallest absolute Gasteiger partial charge is 0.257 e. The first kappa shape index (κ1) is 31.5. The number of nitrogens with one attached hydrogen (secondary N) is 2. The molecule has 2 rings (SSSR count). The van der Waals surface area contributed by atoms with E-state index in [1.165, 1.54) is 18.9 Å². The van der Waals surface area contributed by atoms with Crippen LogP contribution in [0.2, 0.25) is 0 Å². The Labute approximate surface area is 190 Å². The zero-order valence-corrected chi connectivity index (χ0v) is 19.6. The normalized spacial score (nSPS) is 14.3. The van der Waals surface area contributed by atoms with Crippen LogP contribution in [0.5, 0.6) is 0 Å². The molecule has 2 amide bonds. The average molecular weight is 455 g/mol. The minimum Gasteiger partial charge on any atom is -0.400 e. The summed E-state index contributed by atoms with van der Waals surface area (Å²) in [5.41, 5.74) is 6.60. The van der Waals surface area contributed by atoms with Crippen LogP contribution in [0.1, 0.15) is 61.3 Å². The second-order valence-electron chi connectivity index (χ2n) is 6.26. The number of carbonyl (C=O) groups excluding carboxylic acids is 4. The van der Waals surface area contributed by atoms with Gasteiger partial charge in [-0.25, -0.2) is 0 Å². The molecule has 6 N–H and O–H groups in total. The molecule has 1 aromatic carbocycles. The molecule has 2 atom stereocenters. The summed E-state index contributed by atoms with van der Waals surface area (Å²) in [6, 6.07) is 4.38. The van der Waals surface area contributed by atoms with Crippen LogP contribution in [0.15, 0.2) is 18.2 Å². The summed E-state index contributed by atoms with van der Waals surface area (Å²) in [7, 11) is 2.47. The van der Waals surface area contributed by atoms with Gasteiger partial charge in [-0.05, 0) is 38.1 Å². The molecule has 0 aliphatic carbocycles. The quantitative estimate of drug-likeness (QED) is 0.346. The van der Waals surface area contributed by atoms with Crippen molar-refractivity contribution in [1.29, 1.82) is 0 Å². The molecule has 1 aromatic rings. The molecule has 1 aliphatic heterocycles. The lowest BCUT2D eigenvalue weighted by molar-refractivity contribution is -0.129. The van der Waals surface area contributed by atoms with E-state index in [4.69, 9.17) is 15.6 Å². The Kier molecular flexibility index (Phi) is 18.8. The Morgan fingerprint density at radius 3 is 2.31 bits per heavy atom. The SMILES string of the molecule is CC=O.CCN.CCNCc1cccc2c1C(O)N(C(CCC=O)C(=O)NC)C2=O.CO. The number of amides is 2. The minimum atomic E-state index is -1.20. The molecule has 1 heterocycles. The predicted molar refractivity (Wildman–Crippen MR) is 123 cm³/mol. The second kappa shape index (κ2) is 19.1. The van der Waals surface area contributed by atoms with E-state index in [0.717, 1.165) is 32.0 Å². The first-order chi connectivity index (χ1) is 15.4. The van der Waals surface area contributed by atoms with Gasteiger partial charge in [0.05, 0.1) is 0 Å². The highest BCUT2D eigenvalue weighted by atomic mass is 16.3. The topological polar surface area (TPSA) is 162 Å². The molecule has 32 heavy (non-hydrogen) atoms. The largest absolute Gasteiger partial charge is 0.400 e. The lowest BCUT2D eigenvalue weighted by atomic mass is 10.0. The van der Waals surface area contributed by atoms with Gasteiger partial charge in [-0.15, -0.1) is 0 Å². The van der Waals surface area contributed by atoms with Crippen LogP contribution in [0.25, 0.3) is 0 Å². The van der Waals surface area contributed by atoms with E-state index in [0.29, 0.717) is 24.0 Å². The maximum atomic E-state index is 12.7. The third kappa shape index (κ3) is 9.23. The third-order valence-corrected chi connectivity index (χ3v) is 4.19.